The number of sulfone groups is 1. The highest BCUT2D eigenvalue weighted by atomic mass is 35.5. The van der Waals surface area contributed by atoms with Gasteiger partial charge in [0.15, 0.2) is 21.5 Å². The Morgan fingerprint density at radius 2 is 1.76 bits per heavy atom. The molecule has 0 heterocycles. The average molecular weight is 500 g/mol. The minimum absolute atomic E-state index is 0.00801. The fraction of sp³-hybridized carbons (Fsp3) is 0.435. The third-order valence-electron chi connectivity index (χ3n) is 6.88. The lowest BCUT2D eigenvalue weighted by Gasteiger charge is -2.42. The number of amides is 1. The predicted molar refractivity (Wildman–Crippen MR) is 119 cm³/mol. The first kappa shape index (κ1) is 24.1. The van der Waals surface area contributed by atoms with Crippen LogP contribution in [0, 0.1) is 23.5 Å². The van der Waals surface area contributed by atoms with Crippen LogP contribution in [0.15, 0.2) is 41.3 Å². The molecule has 2 bridgehead atoms. The van der Waals surface area contributed by atoms with Crippen LogP contribution in [0.5, 0.6) is 0 Å². The zero-order valence-corrected chi connectivity index (χ0v) is 19.3. The Labute approximate surface area is 195 Å². The number of carbonyl (C=O) groups is 1. The number of nitrogens with one attached hydrogen (secondary N) is 1. The minimum atomic E-state index is -3.96. The zero-order chi connectivity index (χ0) is 24.1. The SMILES string of the molecule is CC(O)[C@]1(O)CC2CCC(C1)[C@H]2S(=O)(=O)c1cc(C(=O)Nc2ccc(F)c(F)c2)ccc1Cl. The van der Waals surface area contributed by atoms with Crippen LogP contribution in [0.4, 0.5) is 14.5 Å². The van der Waals surface area contributed by atoms with Crippen molar-refractivity contribution in [1.82, 2.24) is 0 Å². The molecule has 2 aliphatic rings. The van der Waals surface area contributed by atoms with Gasteiger partial charge in [-0.1, -0.05) is 11.6 Å². The molecule has 178 valence electrons. The van der Waals surface area contributed by atoms with Gasteiger partial charge >= 0.3 is 0 Å². The molecule has 3 atom stereocenters. The zero-order valence-electron chi connectivity index (χ0n) is 17.8. The van der Waals surface area contributed by atoms with E-state index >= 15 is 0 Å². The van der Waals surface area contributed by atoms with Crippen molar-refractivity contribution in [3.63, 3.8) is 0 Å². The summed E-state index contributed by atoms with van der Waals surface area (Å²) >= 11 is 6.23. The molecular weight excluding hydrogens is 476 g/mol. The van der Waals surface area contributed by atoms with Gasteiger partial charge in [0.2, 0.25) is 0 Å². The number of halogens is 3. The Kier molecular flexibility index (Phi) is 6.28. The van der Waals surface area contributed by atoms with Gasteiger partial charge < -0.3 is 15.5 Å². The average Bonchev–Trinajstić information content (AvgIpc) is 3.04. The van der Waals surface area contributed by atoms with E-state index in [0.717, 1.165) is 12.1 Å². The molecule has 1 amide bonds. The first-order valence-electron chi connectivity index (χ1n) is 10.6. The van der Waals surface area contributed by atoms with Crippen LogP contribution in [0.25, 0.3) is 0 Å². The van der Waals surface area contributed by atoms with Crippen molar-refractivity contribution in [3.05, 3.63) is 58.6 Å². The molecule has 4 rings (SSSR count). The van der Waals surface area contributed by atoms with Crippen molar-refractivity contribution in [3.8, 4) is 0 Å². The maximum Gasteiger partial charge on any atom is 0.255 e. The Hall–Kier alpha value is -2.07. The summed E-state index contributed by atoms with van der Waals surface area (Å²) in [6, 6.07) is 6.72. The normalized spacial score (nSPS) is 27.9. The molecule has 2 saturated carbocycles. The first-order chi connectivity index (χ1) is 15.4. The van der Waals surface area contributed by atoms with E-state index in [1.807, 2.05) is 0 Å². The molecule has 2 aliphatic carbocycles. The van der Waals surface area contributed by atoms with Crippen LogP contribution in [-0.4, -0.2) is 41.5 Å². The number of fused-ring (bicyclic) bond motifs is 2. The Morgan fingerprint density at radius 1 is 1.12 bits per heavy atom. The van der Waals surface area contributed by atoms with Crippen LogP contribution in [0.3, 0.4) is 0 Å². The van der Waals surface area contributed by atoms with Crippen molar-refractivity contribution < 1.29 is 32.2 Å². The molecule has 2 aromatic rings. The summed E-state index contributed by atoms with van der Waals surface area (Å²) in [6.07, 6.45) is 0.573. The molecule has 6 nitrogen and oxygen atoms in total. The van der Waals surface area contributed by atoms with E-state index in [9.17, 15) is 32.2 Å². The molecule has 2 fully saturated rings. The van der Waals surface area contributed by atoms with E-state index in [1.54, 1.807) is 0 Å². The highest BCUT2D eigenvalue weighted by molar-refractivity contribution is 7.92. The number of benzene rings is 2. The molecule has 0 aromatic heterocycles. The Bertz CT molecular complexity index is 1190. The second-order valence-electron chi connectivity index (χ2n) is 9.02. The number of anilines is 1. The lowest BCUT2D eigenvalue weighted by Crippen LogP contribution is -2.51. The van der Waals surface area contributed by atoms with Crippen molar-refractivity contribution in [1.29, 1.82) is 0 Å². The van der Waals surface area contributed by atoms with E-state index < -0.39 is 44.3 Å². The summed E-state index contributed by atoms with van der Waals surface area (Å²) in [6.45, 7) is 1.50. The number of rotatable bonds is 5. The lowest BCUT2D eigenvalue weighted by atomic mass is 9.74. The third kappa shape index (κ3) is 4.39. The monoisotopic (exact) mass is 499 g/mol. The number of hydrogen-bond donors (Lipinski definition) is 3. The molecule has 0 saturated heterocycles. The van der Waals surface area contributed by atoms with Crippen LogP contribution in [-0.2, 0) is 9.84 Å². The van der Waals surface area contributed by atoms with Gasteiger partial charge in [-0.2, -0.15) is 0 Å². The lowest BCUT2D eigenvalue weighted by molar-refractivity contribution is -0.103. The number of carbonyl (C=O) groups excluding carboxylic acids is 1. The van der Waals surface area contributed by atoms with E-state index in [0.29, 0.717) is 12.8 Å². The molecule has 33 heavy (non-hydrogen) atoms. The van der Waals surface area contributed by atoms with Gasteiger partial charge in [-0.3, -0.25) is 4.79 Å². The third-order valence-corrected chi connectivity index (χ3v) is 9.76. The largest absolute Gasteiger partial charge is 0.390 e. The predicted octanol–water partition coefficient (Wildman–Crippen LogP) is 3.94. The van der Waals surface area contributed by atoms with Gasteiger partial charge in [-0.05, 0) is 74.8 Å². The van der Waals surface area contributed by atoms with E-state index in [-0.39, 0.29) is 45.8 Å². The van der Waals surface area contributed by atoms with Crippen molar-refractivity contribution in [2.24, 2.45) is 11.8 Å². The van der Waals surface area contributed by atoms with E-state index in [2.05, 4.69) is 5.32 Å². The number of aliphatic hydroxyl groups is 2. The summed E-state index contributed by atoms with van der Waals surface area (Å²) in [7, 11) is -3.96. The highest BCUT2D eigenvalue weighted by Crippen LogP contribution is 2.52. The van der Waals surface area contributed by atoms with Gasteiger partial charge in [-0.25, -0.2) is 17.2 Å². The maximum atomic E-state index is 13.6. The molecular formula is C23H24ClF2NO5S. The smallest absolute Gasteiger partial charge is 0.255 e. The van der Waals surface area contributed by atoms with Crippen LogP contribution < -0.4 is 5.32 Å². The summed E-state index contributed by atoms with van der Waals surface area (Å²) in [5.74, 6) is -3.58. The first-order valence-corrected chi connectivity index (χ1v) is 12.5. The van der Waals surface area contributed by atoms with Gasteiger partial charge in [0.05, 0.1) is 26.9 Å². The molecule has 3 unspecified atom stereocenters. The molecule has 0 radical (unpaired) electrons. The van der Waals surface area contributed by atoms with Crippen molar-refractivity contribution in [2.45, 2.75) is 54.5 Å². The van der Waals surface area contributed by atoms with Crippen LogP contribution >= 0.6 is 11.6 Å². The second-order valence-corrected chi connectivity index (χ2v) is 11.5. The van der Waals surface area contributed by atoms with Crippen molar-refractivity contribution >= 4 is 33.0 Å². The van der Waals surface area contributed by atoms with Crippen LogP contribution in [0.2, 0.25) is 5.02 Å². The van der Waals surface area contributed by atoms with Gasteiger partial charge in [0.1, 0.15) is 0 Å². The molecule has 2 aromatic carbocycles. The topological polar surface area (TPSA) is 104 Å². The minimum Gasteiger partial charge on any atom is -0.390 e. The van der Waals surface area contributed by atoms with E-state index in [1.165, 1.54) is 31.2 Å². The standard InChI is InChI=1S/C23H24ClF2NO5S/c1-12(28)23(30)10-14-2-3-15(11-23)21(14)33(31,32)20-8-13(4-6-17(20)24)22(29)27-16-5-7-18(25)19(26)9-16/h4-9,12,14-15,21,28,30H,2-3,10-11H2,1H3,(H,27,29)/t12?,14?,15?,21-,23-. The Balaban J connectivity index is 1.62. The van der Waals surface area contributed by atoms with E-state index in [4.69, 9.17) is 11.6 Å². The van der Waals surface area contributed by atoms with Gasteiger partial charge in [-0.15, -0.1) is 0 Å². The summed E-state index contributed by atoms with van der Waals surface area (Å²) in [4.78, 5) is 12.5. The summed E-state index contributed by atoms with van der Waals surface area (Å²) in [5, 5.41) is 22.4. The van der Waals surface area contributed by atoms with Gasteiger partial charge in [0, 0.05) is 17.3 Å². The summed E-state index contributed by atoms with van der Waals surface area (Å²) < 4.78 is 53.8. The molecule has 10 heteroatoms. The second kappa shape index (κ2) is 8.61. The molecule has 3 N–H and O–H groups in total. The fourth-order valence-electron chi connectivity index (χ4n) is 5.20. The highest BCUT2D eigenvalue weighted by Gasteiger charge is 2.55. The quantitative estimate of drug-likeness (QED) is 0.578. The van der Waals surface area contributed by atoms with Gasteiger partial charge in [0.25, 0.3) is 5.91 Å². The maximum absolute atomic E-state index is 13.6. The van der Waals surface area contributed by atoms with Crippen LogP contribution in [0.1, 0.15) is 43.0 Å². The number of aliphatic hydroxyl groups excluding tert-OH is 1. The summed E-state index contributed by atoms with van der Waals surface area (Å²) in [5.41, 5.74) is -1.32. The Morgan fingerprint density at radius 3 is 2.33 bits per heavy atom. The molecule has 0 spiro atoms. The molecule has 0 aliphatic heterocycles. The van der Waals surface area contributed by atoms with Crippen molar-refractivity contribution in [2.75, 3.05) is 5.32 Å². The number of hydrogen-bond acceptors (Lipinski definition) is 5. The fourth-order valence-corrected chi connectivity index (χ4v) is 8.05.